The minimum Gasteiger partial charge on any atom is -0.480 e. The van der Waals surface area contributed by atoms with Crippen molar-refractivity contribution >= 4 is 23.2 Å². The Kier molecular flexibility index (Phi) is 4.19. The van der Waals surface area contributed by atoms with Gasteiger partial charge in [0.1, 0.15) is 17.3 Å². The highest BCUT2D eigenvalue weighted by molar-refractivity contribution is 7.13. The highest BCUT2D eigenvalue weighted by atomic mass is 32.1. The molecule has 6 nitrogen and oxygen atoms in total. The van der Waals surface area contributed by atoms with Gasteiger partial charge in [-0.05, 0) is 13.0 Å². The minimum atomic E-state index is -1.03. The van der Waals surface area contributed by atoms with Crippen LogP contribution >= 0.6 is 11.3 Å². The van der Waals surface area contributed by atoms with Crippen molar-refractivity contribution in [2.75, 3.05) is 7.05 Å². The average molecular weight is 294 g/mol. The normalized spacial score (nSPS) is 12.1. The van der Waals surface area contributed by atoms with Crippen molar-refractivity contribution in [1.29, 1.82) is 0 Å². The lowest BCUT2D eigenvalue weighted by Crippen LogP contribution is -2.41. The first-order chi connectivity index (χ1) is 9.49. The predicted octanol–water partition coefficient (Wildman–Crippen LogP) is 1.88. The summed E-state index contributed by atoms with van der Waals surface area (Å²) in [5.74, 6) is -1.30. The zero-order valence-corrected chi connectivity index (χ0v) is 11.9. The molecule has 1 amide bonds. The number of carboxylic acid groups (broad SMARTS) is 1. The largest absolute Gasteiger partial charge is 0.480 e. The van der Waals surface area contributed by atoms with Crippen molar-refractivity contribution in [3.05, 3.63) is 29.7 Å². The Bertz CT molecular complexity index is 606. The predicted molar refractivity (Wildman–Crippen MR) is 73.4 cm³/mol. The van der Waals surface area contributed by atoms with Gasteiger partial charge in [-0.1, -0.05) is 0 Å². The van der Waals surface area contributed by atoms with Crippen LogP contribution in [0.2, 0.25) is 0 Å². The molecule has 0 aliphatic heterocycles. The van der Waals surface area contributed by atoms with Crippen LogP contribution in [0, 0.1) is 0 Å². The first-order valence-corrected chi connectivity index (χ1v) is 6.82. The molecule has 7 heteroatoms. The summed E-state index contributed by atoms with van der Waals surface area (Å²) in [5, 5.41) is 11.4. The second-order valence-electron chi connectivity index (χ2n) is 4.35. The van der Waals surface area contributed by atoms with Gasteiger partial charge in [-0.15, -0.1) is 11.3 Å². The summed E-state index contributed by atoms with van der Waals surface area (Å²) >= 11 is 1.42. The molecular formula is C13H14N2O4S. The number of thiazole rings is 1. The van der Waals surface area contributed by atoms with Gasteiger partial charge in [0.25, 0.3) is 0 Å². The van der Waals surface area contributed by atoms with E-state index < -0.39 is 12.0 Å². The Morgan fingerprint density at radius 1 is 1.55 bits per heavy atom. The summed E-state index contributed by atoms with van der Waals surface area (Å²) in [7, 11) is 1.48. The summed E-state index contributed by atoms with van der Waals surface area (Å²) in [5.41, 5.74) is 1.49. The van der Waals surface area contributed by atoms with E-state index >= 15 is 0 Å². The topological polar surface area (TPSA) is 83.6 Å². The number of hydrogen-bond acceptors (Lipinski definition) is 5. The molecule has 0 aromatic carbocycles. The van der Waals surface area contributed by atoms with Gasteiger partial charge in [0, 0.05) is 18.0 Å². The van der Waals surface area contributed by atoms with Crippen molar-refractivity contribution in [3.8, 4) is 10.6 Å². The summed E-state index contributed by atoms with van der Waals surface area (Å²) in [6, 6.07) is 0.942. The van der Waals surface area contributed by atoms with Gasteiger partial charge in [0.15, 0.2) is 0 Å². The highest BCUT2D eigenvalue weighted by Gasteiger charge is 2.22. The van der Waals surface area contributed by atoms with Crippen LogP contribution in [-0.4, -0.2) is 40.0 Å². The number of furan rings is 1. The van der Waals surface area contributed by atoms with Crippen molar-refractivity contribution in [1.82, 2.24) is 9.88 Å². The van der Waals surface area contributed by atoms with E-state index in [1.54, 1.807) is 24.0 Å². The Labute approximate surface area is 119 Å². The number of rotatable bonds is 5. The maximum Gasteiger partial charge on any atom is 0.326 e. The van der Waals surface area contributed by atoms with Gasteiger partial charge in [0.05, 0.1) is 18.4 Å². The summed E-state index contributed by atoms with van der Waals surface area (Å²) < 4.78 is 4.98. The smallest absolute Gasteiger partial charge is 0.326 e. The quantitative estimate of drug-likeness (QED) is 0.910. The monoisotopic (exact) mass is 294 g/mol. The Morgan fingerprint density at radius 3 is 2.90 bits per heavy atom. The molecule has 2 rings (SSSR count). The van der Waals surface area contributed by atoms with Gasteiger partial charge >= 0.3 is 5.97 Å². The van der Waals surface area contributed by atoms with E-state index in [0.29, 0.717) is 5.69 Å². The second-order valence-corrected chi connectivity index (χ2v) is 5.21. The third-order valence-corrected chi connectivity index (χ3v) is 3.92. The zero-order chi connectivity index (χ0) is 14.7. The van der Waals surface area contributed by atoms with E-state index in [1.165, 1.54) is 30.2 Å². The lowest BCUT2D eigenvalue weighted by Gasteiger charge is -2.20. The number of aromatic nitrogens is 1. The Balaban J connectivity index is 2.04. The van der Waals surface area contributed by atoms with Crippen LogP contribution in [0.1, 0.15) is 12.6 Å². The fourth-order valence-corrected chi connectivity index (χ4v) is 2.37. The molecule has 2 heterocycles. The van der Waals surface area contributed by atoms with Gasteiger partial charge in [0.2, 0.25) is 5.91 Å². The van der Waals surface area contributed by atoms with E-state index in [4.69, 9.17) is 9.52 Å². The number of amides is 1. The van der Waals surface area contributed by atoms with Gasteiger partial charge < -0.3 is 14.4 Å². The Hall–Kier alpha value is -2.15. The first-order valence-electron chi connectivity index (χ1n) is 5.94. The van der Waals surface area contributed by atoms with Gasteiger partial charge in [-0.25, -0.2) is 9.78 Å². The van der Waals surface area contributed by atoms with Crippen LogP contribution in [0.3, 0.4) is 0 Å². The summed E-state index contributed by atoms with van der Waals surface area (Å²) in [6.07, 6.45) is 3.23. The number of nitrogens with zero attached hydrogens (tertiary/aromatic N) is 2. The maximum absolute atomic E-state index is 12.0. The van der Waals surface area contributed by atoms with Gasteiger partial charge in [-0.3, -0.25) is 4.79 Å². The molecule has 1 N–H and O–H groups in total. The first kappa shape index (κ1) is 14.3. The number of hydrogen-bond donors (Lipinski definition) is 1. The number of carboxylic acids is 1. The number of carbonyl (C=O) groups is 2. The fourth-order valence-electron chi connectivity index (χ4n) is 1.57. The molecule has 0 aliphatic carbocycles. The zero-order valence-electron chi connectivity index (χ0n) is 11.1. The Morgan fingerprint density at radius 2 is 2.30 bits per heavy atom. The number of aliphatic carboxylic acids is 1. The maximum atomic E-state index is 12.0. The van der Waals surface area contributed by atoms with E-state index in [0.717, 1.165) is 10.6 Å². The minimum absolute atomic E-state index is 0.0858. The second kappa shape index (κ2) is 5.87. The number of carbonyl (C=O) groups excluding carboxylic acids is 1. The molecule has 1 atom stereocenters. The average Bonchev–Trinajstić information content (AvgIpc) is 3.06. The van der Waals surface area contributed by atoms with Gasteiger partial charge in [-0.2, -0.15) is 0 Å². The molecule has 2 aromatic rings. The van der Waals surface area contributed by atoms with Crippen molar-refractivity contribution in [3.63, 3.8) is 0 Å². The molecule has 0 radical (unpaired) electrons. The number of likely N-dealkylation sites (N-methyl/N-ethyl adjacent to an activating group) is 1. The molecule has 1 unspecified atom stereocenters. The lowest BCUT2D eigenvalue weighted by atomic mass is 10.2. The van der Waals surface area contributed by atoms with E-state index in [-0.39, 0.29) is 12.3 Å². The lowest BCUT2D eigenvalue weighted by molar-refractivity contribution is -0.148. The van der Waals surface area contributed by atoms with Crippen LogP contribution in [-0.2, 0) is 16.0 Å². The molecule has 0 saturated heterocycles. The summed E-state index contributed by atoms with van der Waals surface area (Å²) in [6.45, 7) is 1.47. The highest BCUT2D eigenvalue weighted by Crippen LogP contribution is 2.24. The molecule has 106 valence electrons. The third-order valence-electron chi connectivity index (χ3n) is 2.98. The molecule has 20 heavy (non-hydrogen) atoms. The van der Waals surface area contributed by atoms with Crippen LogP contribution in [0.4, 0.5) is 0 Å². The van der Waals surface area contributed by atoms with E-state index in [9.17, 15) is 9.59 Å². The molecule has 0 aliphatic rings. The van der Waals surface area contributed by atoms with Crippen LogP contribution in [0.15, 0.2) is 28.4 Å². The molecular weight excluding hydrogens is 280 g/mol. The fraction of sp³-hybridized carbons (Fsp3) is 0.308. The molecule has 0 saturated carbocycles. The van der Waals surface area contributed by atoms with Crippen LogP contribution in [0.5, 0.6) is 0 Å². The SMILES string of the molecule is CC(C(=O)O)N(C)C(=O)Cc1csc(-c2ccoc2)n1. The molecule has 2 aromatic heterocycles. The molecule has 0 spiro atoms. The summed E-state index contributed by atoms with van der Waals surface area (Å²) in [4.78, 5) is 28.4. The van der Waals surface area contributed by atoms with Crippen molar-refractivity contribution < 1.29 is 19.1 Å². The van der Waals surface area contributed by atoms with Crippen molar-refractivity contribution in [2.24, 2.45) is 0 Å². The van der Waals surface area contributed by atoms with Crippen LogP contribution in [0.25, 0.3) is 10.6 Å². The third kappa shape index (κ3) is 3.05. The molecule has 0 fully saturated rings. The van der Waals surface area contributed by atoms with Crippen LogP contribution < -0.4 is 0 Å². The van der Waals surface area contributed by atoms with E-state index in [1.807, 2.05) is 0 Å². The molecule has 0 bridgehead atoms. The standard InChI is InChI=1S/C13H14N2O4S/c1-8(13(17)18)15(2)11(16)5-10-7-20-12(14-10)9-3-4-19-6-9/h3-4,6-8H,5H2,1-2H3,(H,17,18). The van der Waals surface area contributed by atoms with Crippen molar-refractivity contribution in [2.45, 2.75) is 19.4 Å². The van der Waals surface area contributed by atoms with E-state index in [2.05, 4.69) is 4.98 Å².